The van der Waals surface area contributed by atoms with Gasteiger partial charge in [0.05, 0.1) is 23.5 Å². The van der Waals surface area contributed by atoms with Crippen molar-refractivity contribution in [2.45, 2.75) is 102 Å². The molecule has 5 atom stereocenters. The number of nitrogens with one attached hydrogen (secondary N) is 3. The maximum Gasteiger partial charge on any atom is 0.416 e. The maximum absolute atomic E-state index is 14.9. The number of carbonyl (C=O) groups excluding carboxylic acids is 3. The second-order valence-corrected chi connectivity index (χ2v) is 20.0. The van der Waals surface area contributed by atoms with Crippen LogP contribution in [0.25, 0.3) is 33.5 Å². The van der Waals surface area contributed by atoms with E-state index in [2.05, 4.69) is 21.9 Å². The lowest BCUT2D eigenvalue weighted by Crippen LogP contribution is -2.58. The summed E-state index contributed by atoms with van der Waals surface area (Å²) in [5.41, 5.74) is -1.66. The number of carbonyl (C=O) groups is 3. The van der Waals surface area contributed by atoms with Crippen LogP contribution in [0.1, 0.15) is 65.9 Å². The molecule has 18 heteroatoms. The van der Waals surface area contributed by atoms with Crippen molar-refractivity contribution in [3.05, 3.63) is 91.0 Å². The van der Waals surface area contributed by atoms with Crippen molar-refractivity contribution in [1.29, 1.82) is 0 Å². The standard InChI is InChI=1S/C46H49F3N6O8S/c1-7-27-23-45(27,43(58)54-64(59,60)32-19-20-32)53-40(56)34-22-31(24-55(34)42(57)38(44(4,5)6)50-29-12-10-11-28(21-29)46(47,48)49)62-41-37-36(33-13-8-9-14-35(33)63-37)51-39(52-41)26-15-17-30(18-16-26)61-25(2)3/h7-18,21,25,27,31-32,34,38,50H,1,19-20,22-24H2,2-6H3,(H,53,56)(H,54,58)/t27-,31-,34+,38-,45-/m1/s1. The van der Waals surface area contributed by atoms with Gasteiger partial charge < -0.3 is 29.4 Å². The minimum Gasteiger partial charge on any atom is -0.491 e. The number of nitrogens with zero attached hydrogens (tertiary/aromatic N) is 3. The smallest absolute Gasteiger partial charge is 0.416 e. The van der Waals surface area contributed by atoms with E-state index in [4.69, 9.17) is 23.9 Å². The minimum atomic E-state index is -4.65. The number of ether oxygens (including phenoxy) is 2. The fourth-order valence-corrected chi connectivity index (χ4v) is 9.41. The third kappa shape index (κ3) is 8.96. The SMILES string of the molecule is C=C[C@@H]1C[C@]1(NC(=O)[C@@H]1C[C@@H](Oc2nc(-c3ccc(OC(C)C)cc3)nc3c2oc2ccccc23)CN1C(=O)[C@@H](Nc1cccc(C(F)(F)F)c1)C(C)(C)C)C(=O)NS(=O)(=O)C1CC1. The van der Waals surface area contributed by atoms with Crippen LogP contribution in [-0.2, 0) is 30.6 Å². The molecule has 1 aliphatic heterocycles. The summed E-state index contributed by atoms with van der Waals surface area (Å²) in [5, 5.41) is 5.75. The summed E-state index contributed by atoms with van der Waals surface area (Å²) >= 11 is 0. The number of furan rings is 1. The third-order valence-corrected chi connectivity index (χ3v) is 13.5. The second kappa shape index (κ2) is 16.4. The molecule has 2 saturated carbocycles. The fourth-order valence-electron chi connectivity index (χ4n) is 8.05. The minimum absolute atomic E-state index is 0.0278. The van der Waals surface area contributed by atoms with E-state index in [1.807, 2.05) is 38.1 Å². The van der Waals surface area contributed by atoms with Crippen LogP contribution in [0.15, 0.2) is 89.9 Å². The van der Waals surface area contributed by atoms with Gasteiger partial charge in [-0.3, -0.25) is 19.1 Å². The van der Waals surface area contributed by atoms with Crippen LogP contribution in [-0.4, -0.2) is 82.6 Å². The highest BCUT2D eigenvalue weighted by atomic mass is 32.2. The number of hydrogen-bond donors (Lipinski definition) is 3. The largest absolute Gasteiger partial charge is 0.491 e. The zero-order chi connectivity index (χ0) is 45.9. The Morgan fingerprint density at radius 3 is 2.36 bits per heavy atom. The van der Waals surface area contributed by atoms with Crippen LogP contribution in [0.4, 0.5) is 18.9 Å². The number of halogens is 3. The zero-order valence-electron chi connectivity index (χ0n) is 35.9. The van der Waals surface area contributed by atoms with Gasteiger partial charge in [0, 0.05) is 29.0 Å². The molecular formula is C46H49F3N6O8S. The first-order chi connectivity index (χ1) is 30.2. The summed E-state index contributed by atoms with van der Waals surface area (Å²) in [4.78, 5) is 54.2. The van der Waals surface area contributed by atoms with Gasteiger partial charge in [0.15, 0.2) is 5.82 Å². The first kappa shape index (κ1) is 44.4. The number of aromatic nitrogens is 2. The van der Waals surface area contributed by atoms with Crippen molar-refractivity contribution in [3.8, 4) is 23.0 Å². The molecular weight excluding hydrogens is 854 g/mol. The summed E-state index contributed by atoms with van der Waals surface area (Å²) < 4.78 is 87.9. The van der Waals surface area contributed by atoms with Crippen molar-refractivity contribution < 1.29 is 49.9 Å². The van der Waals surface area contributed by atoms with Crippen molar-refractivity contribution >= 4 is 55.5 Å². The van der Waals surface area contributed by atoms with Crippen LogP contribution in [0.3, 0.4) is 0 Å². The summed E-state index contributed by atoms with van der Waals surface area (Å²) in [7, 11) is -3.99. The quantitative estimate of drug-likeness (QED) is 0.0946. The molecule has 3 aliphatic rings. The Bertz CT molecular complexity index is 2750. The molecule has 0 unspecified atom stereocenters. The topological polar surface area (TPSA) is 182 Å². The molecule has 3 fully saturated rings. The predicted molar refractivity (Wildman–Crippen MR) is 233 cm³/mol. The molecule has 338 valence electrons. The Morgan fingerprint density at radius 1 is 1.00 bits per heavy atom. The number of benzene rings is 3. The monoisotopic (exact) mass is 902 g/mol. The molecule has 0 radical (unpaired) electrons. The van der Waals surface area contributed by atoms with Gasteiger partial charge in [0.1, 0.15) is 40.6 Å². The number of anilines is 1. The molecule has 3 heterocycles. The van der Waals surface area contributed by atoms with E-state index in [9.17, 15) is 36.0 Å². The summed E-state index contributed by atoms with van der Waals surface area (Å²) in [5.74, 6) is -1.96. The Kier molecular flexibility index (Phi) is 11.4. The van der Waals surface area contributed by atoms with Crippen LogP contribution >= 0.6 is 0 Å². The first-order valence-electron chi connectivity index (χ1n) is 21.0. The average molecular weight is 903 g/mol. The van der Waals surface area contributed by atoms with Gasteiger partial charge in [-0.2, -0.15) is 18.2 Å². The van der Waals surface area contributed by atoms with Gasteiger partial charge in [-0.05, 0) is 93.1 Å². The number of rotatable bonds is 14. The van der Waals surface area contributed by atoms with Crippen molar-refractivity contribution in [2.24, 2.45) is 11.3 Å². The summed E-state index contributed by atoms with van der Waals surface area (Å²) in [6.45, 7) is 12.6. The van der Waals surface area contributed by atoms with E-state index >= 15 is 0 Å². The highest BCUT2D eigenvalue weighted by molar-refractivity contribution is 7.91. The molecule has 64 heavy (non-hydrogen) atoms. The molecule has 2 aromatic heterocycles. The van der Waals surface area contributed by atoms with E-state index in [0.717, 1.165) is 12.1 Å². The van der Waals surface area contributed by atoms with Gasteiger partial charge >= 0.3 is 6.18 Å². The molecule has 0 spiro atoms. The van der Waals surface area contributed by atoms with E-state index < -0.39 is 79.8 Å². The lowest BCUT2D eigenvalue weighted by molar-refractivity contribution is -0.141. The Morgan fingerprint density at radius 2 is 1.72 bits per heavy atom. The fraction of sp³-hybridized carbons (Fsp3) is 0.413. The molecule has 8 rings (SSSR count). The van der Waals surface area contributed by atoms with E-state index in [0.29, 0.717) is 46.5 Å². The number of fused-ring (bicyclic) bond motifs is 3. The highest BCUT2D eigenvalue weighted by Gasteiger charge is 2.62. The third-order valence-electron chi connectivity index (χ3n) is 11.7. The summed E-state index contributed by atoms with van der Waals surface area (Å²) in [6.07, 6.45) is -3.41. The average Bonchev–Trinajstić information content (AvgIpc) is 4.14. The van der Waals surface area contributed by atoms with Crippen LogP contribution < -0.4 is 24.8 Å². The number of likely N-dealkylation sites (tertiary alicyclic amines) is 1. The molecule has 3 amide bonds. The normalized spacial score (nSPS) is 21.7. The highest BCUT2D eigenvalue weighted by Crippen LogP contribution is 2.46. The first-order valence-corrected chi connectivity index (χ1v) is 22.6. The van der Waals surface area contributed by atoms with E-state index in [-0.39, 0.29) is 42.6 Å². The summed E-state index contributed by atoms with van der Waals surface area (Å²) in [6, 6.07) is 16.5. The van der Waals surface area contributed by atoms with Crippen LogP contribution in [0.2, 0.25) is 0 Å². The molecule has 1 saturated heterocycles. The van der Waals surface area contributed by atoms with Gasteiger partial charge in [-0.15, -0.1) is 6.58 Å². The van der Waals surface area contributed by atoms with Crippen molar-refractivity contribution in [2.75, 3.05) is 11.9 Å². The molecule has 0 bridgehead atoms. The zero-order valence-corrected chi connectivity index (χ0v) is 36.7. The predicted octanol–water partition coefficient (Wildman–Crippen LogP) is 7.39. The number of sulfonamides is 1. The van der Waals surface area contributed by atoms with Crippen LogP contribution in [0, 0.1) is 11.3 Å². The van der Waals surface area contributed by atoms with Gasteiger partial charge in [-0.1, -0.05) is 45.0 Å². The molecule has 3 N–H and O–H groups in total. The van der Waals surface area contributed by atoms with E-state index in [1.165, 1.54) is 23.1 Å². The lowest BCUT2D eigenvalue weighted by Gasteiger charge is -2.36. The molecule has 5 aromatic rings. The Hall–Kier alpha value is -6.17. The lowest BCUT2D eigenvalue weighted by atomic mass is 9.85. The van der Waals surface area contributed by atoms with Crippen molar-refractivity contribution in [1.82, 2.24) is 24.9 Å². The van der Waals surface area contributed by atoms with Gasteiger partial charge in [0.25, 0.3) is 11.8 Å². The maximum atomic E-state index is 14.9. The number of hydrogen-bond acceptors (Lipinski definition) is 11. The second-order valence-electron chi connectivity index (χ2n) is 18.0. The Balaban J connectivity index is 1.15. The number of para-hydroxylation sites is 1. The van der Waals surface area contributed by atoms with Crippen molar-refractivity contribution in [3.63, 3.8) is 0 Å². The number of alkyl halides is 3. The molecule has 14 nitrogen and oxygen atoms in total. The van der Waals surface area contributed by atoms with E-state index in [1.54, 1.807) is 45.0 Å². The van der Waals surface area contributed by atoms with Gasteiger partial charge in [0.2, 0.25) is 27.4 Å². The Labute approximate surface area is 368 Å². The number of amides is 3. The molecule has 3 aromatic carbocycles. The van der Waals surface area contributed by atoms with Crippen LogP contribution in [0.5, 0.6) is 11.6 Å². The molecule has 2 aliphatic carbocycles. The van der Waals surface area contributed by atoms with Gasteiger partial charge in [-0.25, -0.2) is 13.4 Å².